The monoisotopic (exact) mass is 300 g/mol. The number of Topliss-reactive ketones (excluding diaryl/α,β-unsaturated/α-hetero) is 1. The lowest BCUT2D eigenvalue weighted by atomic mass is 10.3. The van der Waals surface area contributed by atoms with Crippen molar-refractivity contribution in [1.29, 1.82) is 0 Å². The third-order valence-corrected chi connectivity index (χ3v) is 3.52. The van der Waals surface area contributed by atoms with Gasteiger partial charge in [0, 0.05) is 20.1 Å². The Kier molecular flexibility index (Phi) is 6.60. The first-order chi connectivity index (χ1) is 9.49. The summed E-state index contributed by atoms with van der Waals surface area (Å²) in [7, 11) is 0. The molecule has 1 rings (SSSR count). The van der Waals surface area contributed by atoms with E-state index in [4.69, 9.17) is 9.47 Å². The maximum Gasteiger partial charge on any atom is 0.358 e. The maximum atomic E-state index is 11.7. The highest BCUT2D eigenvalue weighted by molar-refractivity contribution is 7.17. The Labute approximate surface area is 122 Å². The number of aromatic nitrogens is 1. The zero-order chi connectivity index (χ0) is 15.1. The van der Waals surface area contributed by atoms with Crippen molar-refractivity contribution in [1.82, 2.24) is 4.98 Å². The Morgan fingerprint density at radius 3 is 2.60 bits per heavy atom. The zero-order valence-electron chi connectivity index (χ0n) is 12.2. The molecule has 1 heterocycles. The Morgan fingerprint density at radius 2 is 2.05 bits per heavy atom. The van der Waals surface area contributed by atoms with Crippen LogP contribution < -0.4 is 5.32 Å². The van der Waals surface area contributed by atoms with Gasteiger partial charge in [0.2, 0.25) is 0 Å². The van der Waals surface area contributed by atoms with E-state index in [0.717, 1.165) is 11.3 Å². The minimum absolute atomic E-state index is 0.0238. The fraction of sp³-hybridized carbons (Fsp3) is 0.615. The molecule has 1 aromatic rings. The standard InChI is InChI=1S/C13H20N2O4S/c1-5-18-8(3)7-14-13-15-10(12(17)19-6-2)11(20-13)9(4)16/h8H,5-7H2,1-4H3,(H,14,15). The first-order valence-corrected chi connectivity index (χ1v) is 7.35. The third-order valence-electron chi connectivity index (χ3n) is 2.41. The number of ether oxygens (including phenoxy) is 2. The number of anilines is 1. The molecule has 1 N–H and O–H groups in total. The number of hydrogen-bond acceptors (Lipinski definition) is 7. The van der Waals surface area contributed by atoms with E-state index in [2.05, 4.69) is 10.3 Å². The SMILES string of the molecule is CCOC(=O)c1nc(NCC(C)OCC)sc1C(C)=O. The van der Waals surface area contributed by atoms with Gasteiger partial charge in [0.15, 0.2) is 16.6 Å². The van der Waals surface area contributed by atoms with Gasteiger partial charge in [-0.25, -0.2) is 9.78 Å². The molecule has 0 saturated heterocycles. The molecule has 0 bridgehead atoms. The number of nitrogens with one attached hydrogen (secondary N) is 1. The maximum absolute atomic E-state index is 11.7. The molecular formula is C13H20N2O4S. The van der Waals surface area contributed by atoms with Crippen molar-refractivity contribution in [2.45, 2.75) is 33.8 Å². The van der Waals surface area contributed by atoms with Gasteiger partial charge in [-0.1, -0.05) is 11.3 Å². The second-order valence-corrected chi connectivity index (χ2v) is 5.12. The van der Waals surface area contributed by atoms with E-state index in [1.54, 1.807) is 6.92 Å². The zero-order valence-corrected chi connectivity index (χ0v) is 13.0. The van der Waals surface area contributed by atoms with Crippen LogP contribution >= 0.6 is 11.3 Å². The molecule has 0 saturated carbocycles. The Balaban J connectivity index is 2.81. The summed E-state index contributed by atoms with van der Waals surface area (Å²) in [6.07, 6.45) is 0.0238. The summed E-state index contributed by atoms with van der Waals surface area (Å²) < 4.78 is 10.3. The quantitative estimate of drug-likeness (QED) is 0.586. The summed E-state index contributed by atoms with van der Waals surface area (Å²) in [6.45, 7) is 8.41. The molecule has 1 atom stereocenters. The predicted molar refractivity (Wildman–Crippen MR) is 77.7 cm³/mol. The van der Waals surface area contributed by atoms with Crippen LogP contribution in [0, 0.1) is 0 Å². The first kappa shape index (κ1) is 16.6. The highest BCUT2D eigenvalue weighted by Gasteiger charge is 2.22. The van der Waals surface area contributed by atoms with Gasteiger partial charge in [-0.05, 0) is 20.8 Å². The average molecular weight is 300 g/mol. The van der Waals surface area contributed by atoms with Crippen molar-refractivity contribution in [3.05, 3.63) is 10.6 Å². The van der Waals surface area contributed by atoms with Gasteiger partial charge in [-0.15, -0.1) is 0 Å². The molecule has 0 aliphatic carbocycles. The van der Waals surface area contributed by atoms with Crippen LogP contribution in [0.25, 0.3) is 0 Å². The van der Waals surface area contributed by atoms with Gasteiger partial charge >= 0.3 is 5.97 Å². The van der Waals surface area contributed by atoms with Crippen LogP contribution in [0.3, 0.4) is 0 Å². The summed E-state index contributed by atoms with van der Waals surface area (Å²) >= 11 is 1.15. The second kappa shape index (κ2) is 7.96. The lowest BCUT2D eigenvalue weighted by Crippen LogP contribution is -2.19. The fourth-order valence-corrected chi connectivity index (χ4v) is 2.40. The molecule has 20 heavy (non-hydrogen) atoms. The third kappa shape index (κ3) is 4.57. The van der Waals surface area contributed by atoms with Gasteiger partial charge in [0.05, 0.1) is 12.7 Å². The average Bonchev–Trinajstić information content (AvgIpc) is 2.81. The van der Waals surface area contributed by atoms with Gasteiger partial charge in [0.25, 0.3) is 0 Å². The van der Waals surface area contributed by atoms with Crippen LogP contribution in [-0.2, 0) is 9.47 Å². The lowest BCUT2D eigenvalue weighted by Gasteiger charge is -2.11. The van der Waals surface area contributed by atoms with Crippen molar-refractivity contribution in [2.24, 2.45) is 0 Å². The molecule has 0 spiro atoms. The molecule has 112 valence electrons. The molecule has 0 aliphatic rings. The largest absolute Gasteiger partial charge is 0.461 e. The van der Waals surface area contributed by atoms with E-state index in [0.29, 0.717) is 23.2 Å². The number of carbonyl (C=O) groups excluding carboxylic acids is 2. The molecule has 0 amide bonds. The number of nitrogens with zero attached hydrogens (tertiary/aromatic N) is 1. The van der Waals surface area contributed by atoms with Gasteiger partial charge in [0.1, 0.15) is 4.88 Å². The molecule has 0 fully saturated rings. The Hall–Kier alpha value is -1.47. The number of carbonyl (C=O) groups is 2. The summed E-state index contributed by atoms with van der Waals surface area (Å²) in [5.41, 5.74) is 0.0795. The van der Waals surface area contributed by atoms with E-state index in [9.17, 15) is 9.59 Å². The van der Waals surface area contributed by atoms with Gasteiger partial charge in [-0.2, -0.15) is 0 Å². The fourth-order valence-electron chi connectivity index (χ4n) is 1.55. The highest BCUT2D eigenvalue weighted by Crippen LogP contribution is 2.24. The topological polar surface area (TPSA) is 77.5 Å². The molecule has 6 nitrogen and oxygen atoms in total. The lowest BCUT2D eigenvalue weighted by molar-refractivity contribution is 0.0517. The van der Waals surface area contributed by atoms with Crippen molar-refractivity contribution in [2.75, 3.05) is 25.1 Å². The van der Waals surface area contributed by atoms with Gasteiger partial charge < -0.3 is 14.8 Å². The molecule has 7 heteroatoms. The van der Waals surface area contributed by atoms with Crippen LogP contribution in [0.2, 0.25) is 0 Å². The summed E-state index contributed by atoms with van der Waals surface area (Å²) in [6, 6.07) is 0. The minimum Gasteiger partial charge on any atom is -0.461 e. The van der Waals surface area contributed by atoms with Crippen molar-refractivity contribution < 1.29 is 19.1 Å². The van der Waals surface area contributed by atoms with E-state index < -0.39 is 5.97 Å². The number of ketones is 1. The highest BCUT2D eigenvalue weighted by atomic mass is 32.1. The molecule has 0 aliphatic heterocycles. The van der Waals surface area contributed by atoms with Crippen LogP contribution in [0.5, 0.6) is 0 Å². The first-order valence-electron chi connectivity index (χ1n) is 6.53. The Morgan fingerprint density at radius 1 is 1.35 bits per heavy atom. The summed E-state index contributed by atoms with van der Waals surface area (Å²) in [5, 5.41) is 3.58. The number of esters is 1. The second-order valence-electron chi connectivity index (χ2n) is 4.12. The van der Waals surface area contributed by atoms with E-state index >= 15 is 0 Å². The van der Waals surface area contributed by atoms with Gasteiger partial charge in [-0.3, -0.25) is 4.79 Å². The van der Waals surface area contributed by atoms with Crippen molar-refractivity contribution in [3.63, 3.8) is 0 Å². The van der Waals surface area contributed by atoms with Crippen LogP contribution in [-0.4, -0.2) is 42.6 Å². The summed E-state index contributed by atoms with van der Waals surface area (Å²) in [4.78, 5) is 27.7. The normalized spacial score (nSPS) is 12.0. The van der Waals surface area contributed by atoms with Crippen molar-refractivity contribution in [3.8, 4) is 0 Å². The molecule has 1 aromatic heterocycles. The number of thiazole rings is 1. The number of rotatable bonds is 8. The summed E-state index contributed by atoms with van der Waals surface area (Å²) in [5.74, 6) is -0.767. The Bertz CT molecular complexity index is 473. The minimum atomic E-state index is -0.570. The smallest absolute Gasteiger partial charge is 0.358 e. The predicted octanol–water partition coefficient (Wildman–Crippen LogP) is 2.36. The molecule has 1 unspecified atom stereocenters. The van der Waals surface area contributed by atoms with E-state index in [-0.39, 0.29) is 24.2 Å². The number of hydrogen-bond donors (Lipinski definition) is 1. The van der Waals surface area contributed by atoms with Crippen LogP contribution in [0.1, 0.15) is 47.9 Å². The van der Waals surface area contributed by atoms with E-state index in [1.165, 1.54) is 6.92 Å². The van der Waals surface area contributed by atoms with Crippen molar-refractivity contribution >= 4 is 28.2 Å². The van der Waals surface area contributed by atoms with E-state index in [1.807, 2.05) is 13.8 Å². The molecule has 0 radical (unpaired) electrons. The van der Waals surface area contributed by atoms with Crippen LogP contribution in [0.15, 0.2) is 0 Å². The molecular weight excluding hydrogens is 280 g/mol. The molecule has 0 aromatic carbocycles. The van der Waals surface area contributed by atoms with Crippen LogP contribution in [0.4, 0.5) is 5.13 Å².